The number of rotatable bonds is 6. The van der Waals surface area contributed by atoms with E-state index in [9.17, 15) is 0 Å². The molecule has 0 aromatic heterocycles. The van der Waals surface area contributed by atoms with Crippen molar-refractivity contribution in [2.24, 2.45) is 11.3 Å². The van der Waals surface area contributed by atoms with Gasteiger partial charge in [-0.25, -0.2) is 0 Å². The van der Waals surface area contributed by atoms with Crippen LogP contribution in [-0.4, -0.2) is 24.8 Å². The molecule has 0 saturated heterocycles. The Morgan fingerprint density at radius 3 is 2.50 bits per heavy atom. The molecule has 0 radical (unpaired) electrons. The van der Waals surface area contributed by atoms with Gasteiger partial charge < -0.3 is 10.4 Å². The zero-order valence-electron chi connectivity index (χ0n) is 8.27. The van der Waals surface area contributed by atoms with Crippen LogP contribution in [0.15, 0.2) is 0 Å². The van der Waals surface area contributed by atoms with Crippen molar-refractivity contribution in [1.29, 1.82) is 0 Å². The number of hydrogen-bond donors (Lipinski definition) is 2. The van der Waals surface area contributed by atoms with Gasteiger partial charge in [-0.05, 0) is 37.1 Å². The molecule has 1 fully saturated rings. The fourth-order valence-corrected chi connectivity index (χ4v) is 1.56. The van der Waals surface area contributed by atoms with Crippen molar-refractivity contribution in [1.82, 2.24) is 5.32 Å². The Bertz CT molecular complexity index is 130. The third-order valence-electron chi connectivity index (χ3n) is 2.65. The molecule has 0 aliphatic heterocycles. The summed E-state index contributed by atoms with van der Waals surface area (Å²) in [5.41, 5.74) is 0.476. The van der Waals surface area contributed by atoms with E-state index in [1.165, 1.54) is 12.8 Å². The molecule has 0 bridgehead atoms. The second-order valence-electron chi connectivity index (χ2n) is 4.50. The summed E-state index contributed by atoms with van der Waals surface area (Å²) in [6.07, 6.45) is 3.59. The molecule has 12 heavy (non-hydrogen) atoms. The number of aliphatic hydroxyl groups is 1. The Kier molecular flexibility index (Phi) is 3.53. The average Bonchev–Trinajstić information content (AvgIpc) is 2.69. The summed E-state index contributed by atoms with van der Waals surface area (Å²) in [6.45, 7) is 7.00. The first kappa shape index (κ1) is 10.0. The first-order valence-corrected chi connectivity index (χ1v) is 5.00. The van der Waals surface area contributed by atoms with Crippen molar-refractivity contribution in [3.8, 4) is 0 Å². The second kappa shape index (κ2) is 4.24. The number of aliphatic hydroxyl groups excluding tert-OH is 1. The van der Waals surface area contributed by atoms with E-state index >= 15 is 0 Å². The molecule has 1 rings (SSSR count). The SMILES string of the molecule is CC(C)CNCC1(CCO)CC1. The van der Waals surface area contributed by atoms with Gasteiger partial charge in [0.25, 0.3) is 0 Å². The largest absolute Gasteiger partial charge is 0.396 e. The highest BCUT2D eigenvalue weighted by molar-refractivity contribution is 4.94. The Labute approximate surface area is 75.4 Å². The molecule has 72 valence electrons. The lowest BCUT2D eigenvalue weighted by Crippen LogP contribution is -2.27. The predicted molar refractivity (Wildman–Crippen MR) is 51.1 cm³/mol. The topological polar surface area (TPSA) is 32.3 Å². The van der Waals surface area contributed by atoms with Gasteiger partial charge >= 0.3 is 0 Å². The fourth-order valence-electron chi connectivity index (χ4n) is 1.56. The van der Waals surface area contributed by atoms with E-state index in [-0.39, 0.29) is 0 Å². The van der Waals surface area contributed by atoms with E-state index in [0.29, 0.717) is 12.0 Å². The molecule has 0 aromatic rings. The predicted octanol–water partition coefficient (Wildman–Crippen LogP) is 1.39. The van der Waals surface area contributed by atoms with Crippen LogP contribution in [0.3, 0.4) is 0 Å². The summed E-state index contributed by atoms with van der Waals surface area (Å²) in [5.74, 6) is 0.731. The Morgan fingerprint density at radius 2 is 2.08 bits per heavy atom. The highest BCUT2D eigenvalue weighted by Gasteiger charge is 2.41. The van der Waals surface area contributed by atoms with Gasteiger partial charge in [0.1, 0.15) is 0 Å². The van der Waals surface area contributed by atoms with E-state index < -0.39 is 0 Å². The lowest BCUT2D eigenvalue weighted by molar-refractivity contribution is 0.244. The molecule has 1 saturated carbocycles. The van der Waals surface area contributed by atoms with Gasteiger partial charge in [0.2, 0.25) is 0 Å². The highest BCUT2D eigenvalue weighted by atomic mass is 16.3. The minimum atomic E-state index is 0.351. The third-order valence-corrected chi connectivity index (χ3v) is 2.65. The van der Waals surface area contributed by atoms with E-state index in [1.807, 2.05) is 0 Å². The lowest BCUT2D eigenvalue weighted by atomic mass is 10.0. The fraction of sp³-hybridized carbons (Fsp3) is 1.00. The maximum atomic E-state index is 8.82. The molecule has 0 amide bonds. The normalized spacial score (nSPS) is 20.0. The molecule has 0 spiro atoms. The van der Waals surface area contributed by atoms with Crippen LogP contribution in [-0.2, 0) is 0 Å². The molecule has 2 heteroatoms. The molecule has 0 aromatic carbocycles. The Balaban J connectivity index is 2.06. The van der Waals surface area contributed by atoms with Crippen LogP contribution in [0.5, 0.6) is 0 Å². The smallest absolute Gasteiger partial charge is 0.0436 e. The Morgan fingerprint density at radius 1 is 1.42 bits per heavy atom. The summed E-state index contributed by atoms with van der Waals surface area (Å²) in [7, 11) is 0. The van der Waals surface area contributed by atoms with Crippen LogP contribution in [0, 0.1) is 11.3 Å². The van der Waals surface area contributed by atoms with Crippen LogP contribution < -0.4 is 5.32 Å². The van der Waals surface area contributed by atoms with Crippen molar-refractivity contribution >= 4 is 0 Å². The molecule has 0 heterocycles. The molecular formula is C10H21NO. The minimum Gasteiger partial charge on any atom is -0.396 e. The maximum Gasteiger partial charge on any atom is 0.0436 e. The van der Waals surface area contributed by atoms with Gasteiger partial charge in [0.05, 0.1) is 0 Å². The van der Waals surface area contributed by atoms with Crippen molar-refractivity contribution in [2.45, 2.75) is 33.1 Å². The number of nitrogens with one attached hydrogen (secondary N) is 1. The van der Waals surface area contributed by atoms with Gasteiger partial charge in [0, 0.05) is 13.2 Å². The number of hydrogen-bond acceptors (Lipinski definition) is 2. The summed E-state index contributed by atoms with van der Waals surface area (Å²) in [6, 6.07) is 0. The van der Waals surface area contributed by atoms with Crippen LogP contribution in [0.25, 0.3) is 0 Å². The first-order valence-electron chi connectivity index (χ1n) is 5.00. The zero-order chi connectivity index (χ0) is 9.03. The van der Waals surface area contributed by atoms with Gasteiger partial charge in [-0.3, -0.25) is 0 Å². The molecule has 0 unspecified atom stereocenters. The molecular weight excluding hydrogens is 150 g/mol. The molecule has 1 aliphatic carbocycles. The van der Waals surface area contributed by atoms with E-state index in [2.05, 4.69) is 19.2 Å². The quantitative estimate of drug-likeness (QED) is 0.633. The van der Waals surface area contributed by atoms with E-state index in [4.69, 9.17) is 5.11 Å². The van der Waals surface area contributed by atoms with Crippen molar-refractivity contribution < 1.29 is 5.11 Å². The van der Waals surface area contributed by atoms with Crippen LogP contribution in [0.2, 0.25) is 0 Å². The third kappa shape index (κ3) is 3.11. The first-order chi connectivity index (χ1) is 5.68. The van der Waals surface area contributed by atoms with Gasteiger partial charge in [-0.15, -0.1) is 0 Å². The van der Waals surface area contributed by atoms with Crippen LogP contribution >= 0.6 is 0 Å². The highest BCUT2D eigenvalue weighted by Crippen LogP contribution is 2.47. The van der Waals surface area contributed by atoms with Gasteiger partial charge in [0.15, 0.2) is 0 Å². The zero-order valence-corrected chi connectivity index (χ0v) is 8.27. The lowest BCUT2D eigenvalue weighted by Gasteiger charge is -2.15. The molecule has 1 aliphatic rings. The van der Waals surface area contributed by atoms with Crippen LogP contribution in [0.4, 0.5) is 0 Å². The summed E-state index contributed by atoms with van der Waals surface area (Å²) in [4.78, 5) is 0. The van der Waals surface area contributed by atoms with Gasteiger partial charge in [-0.2, -0.15) is 0 Å². The average molecular weight is 171 g/mol. The van der Waals surface area contributed by atoms with E-state index in [0.717, 1.165) is 25.4 Å². The summed E-state index contributed by atoms with van der Waals surface area (Å²) < 4.78 is 0. The molecule has 2 nitrogen and oxygen atoms in total. The second-order valence-corrected chi connectivity index (χ2v) is 4.50. The van der Waals surface area contributed by atoms with Crippen LogP contribution in [0.1, 0.15) is 33.1 Å². The summed E-state index contributed by atoms with van der Waals surface area (Å²) in [5, 5.41) is 12.3. The maximum absolute atomic E-state index is 8.82. The Hall–Kier alpha value is -0.0800. The van der Waals surface area contributed by atoms with Crippen molar-refractivity contribution in [3.05, 3.63) is 0 Å². The van der Waals surface area contributed by atoms with E-state index in [1.54, 1.807) is 0 Å². The van der Waals surface area contributed by atoms with Crippen molar-refractivity contribution in [3.63, 3.8) is 0 Å². The molecule has 0 atom stereocenters. The van der Waals surface area contributed by atoms with Gasteiger partial charge in [-0.1, -0.05) is 13.8 Å². The molecule has 2 N–H and O–H groups in total. The van der Waals surface area contributed by atoms with Crippen molar-refractivity contribution in [2.75, 3.05) is 19.7 Å². The summed E-state index contributed by atoms with van der Waals surface area (Å²) >= 11 is 0. The standard InChI is InChI=1S/C10H21NO/c1-9(2)7-11-8-10(3-4-10)5-6-12/h9,11-12H,3-8H2,1-2H3. The monoisotopic (exact) mass is 171 g/mol. The minimum absolute atomic E-state index is 0.351.